The molecule has 32 nitrogen and oxygen atoms in total. The number of thioether (sulfide) groups is 1. The number of aliphatic hydroxyl groups is 5. The summed E-state index contributed by atoms with van der Waals surface area (Å²) in [5.74, 6) is -3.22. The molecule has 5 rings (SSSR count). The number of amides is 6. The Labute approximate surface area is 434 Å². The van der Waals surface area contributed by atoms with Crippen LogP contribution in [0.2, 0.25) is 0 Å². The van der Waals surface area contributed by atoms with Crippen LogP contribution in [0, 0.1) is 0 Å². The zero-order chi connectivity index (χ0) is 55.4. The SMILES string of the molecule is CC(=O)N[C@H]1[C@H](O[C@H]2[C@H](O)[C@@H](O)[C@H](O[C@H]3[C@@H](O)[C@@H](COS(=O)(=O)O)O[C@@H](OCCNC(=O)CCCCCNC(=O)CCCC[C@@H]4SC[C@@H]5NC(=O)N[C@@H]54)[C@@H]3NC(C)=O)O[C@@H]2C(=O)O)O[C@H](COS(=O)(=O)O)[C@H](O)[C@@H]1O. The number of aliphatic carboxylic acids is 1. The molecule has 5 heterocycles. The monoisotopic (exact) mass is 1140 g/mol. The van der Waals surface area contributed by atoms with Gasteiger partial charge in [-0.15, -0.1) is 0 Å². The molecule has 0 saturated carbocycles. The Balaban J connectivity index is 1.15. The van der Waals surface area contributed by atoms with Crippen LogP contribution in [0.25, 0.3) is 0 Å². The first kappa shape index (κ1) is 62.1. The Morgan fingerprint density at radius 2 is 1.24 bits per heavy atom. The van der Waals surface area contributed by atoms with Crippen LogP contribution in [0.4, 0.5) is 4.79 Å². The lowest BCUT2D eigenvalue weighted by Gasteiger charge is -2.48. The third-order valence-corrected chi connectivity index (χ3v) is 14.8. The van der Waals surface area contributed by atoms with Crippen LogP contribution in [0.15, 0.2) is 0 Å². The van der Waals surface area contributed by atoms with Crippen molar-refractivity contribution in [3.63, 3.8) is 0 Å². The number of unbranched alkanes of at least 4 members (excludes halogenated alkanes) is 3. The first-order chi connectivity index (χ1) is 35.2. The van der Waals surface area contributed by atoms with Gasteiger partial charge in [-0.1, -0.05) is 12.8 Å². The van der Waals surface area contributed by atoms with E-state index < -0.39 is 144 Å². The minimum atomic E-state index is -5.19. The average molecular weight is 1140 g/mol. The van der Waals surface area contributed by atoms with Gasteiger partial charge in [0.05, 0.1) is 31.9 Å². The molecule has 5 saturated heterocycles. The minimum absolute atomic E-state index is 0.0818. The molecule has 430 valence electrons. The van der Waals surface area contributed by atoms with E-state index in [-0.39, 0.29) is 49.5 Å². The Morgan fingerprint density at radius 3 is 1.85 bits per heavy atom. The second-order valence-corrected chi connectivity index (χ2v) is 21.6. The van der Waals surface area contributed by atoms with Crippen LogP contribution in [0.3, 0.4) is 0 Å². The van der Waals surface area contributed by atoms with E-state index in [2.05, 4.69) is 40.3 Å². The number of hydrogen-bond donors (Lipinski definition) is 14. The van der Waals surface area contributed by atoms with Gasteiger partial charge in [-0.25, -0.2) is 18.0 Å². The highest BCUT2D eigenvalue weighted by molar-refractivity contribution is 8.00. The van der Waals surface area contributed by atoms with E-state index in [1.807, 2.05) is 11.8 Å². The zero-order valence-corrected chi connectivity index (χ0v) is 42.9. The molecule has 0 unspecified atom stereocenters. The van der Waals surface area contributed by atoms with Crippen LogP contribution >= 0.6 is 11.8 Å². The Morgan fingerprint density at radius 1 is 0.667 bits per heavy atom. The van der Waals surface area contributed by atoms with Crippen LogP contribution in [0.1, 0.15) is 65.2 Å². The van der Waals surface area contributed by atoms with Crippen LogP contribution < -0.4 is 31.9 Å². The largest absolute Gasteiger partial charge is 0.479 e. The summed E-state index contributed by atoms with van der Waals surface area (Å²) >= 11 is 1.81. The number of carboxylic acid groups (broad SMARTS) is 1. The summed E-state index contributed by atoms with van der Waals surface area (Å²) in [7, 11) is -10.3. The first-order valence-electron chi connectivity index (χ1n) is 23.7. The predicted molar refractivity (Wildman–Crippen MR) is 248 cm³/mol. The second-order valence-electron chi connectivity index (χ2n) is 18.1. The fourth-order valence-electron chi connectivity index (χ4n) is 8.87. The summed E-state index contributed by atoms with van der Waals surface area (Å²) in [5, 5.41) is 81.9. The fourth-order valence-corrected chi connectivity index (χ4v) is 11.0. The van der Waals surface area contributed by atoms with Gasteiger partial charge in [-0.05, 0) is 25.7 Å². The van der Waals surface area contributed by atoms with Gasteiger partial charge < -0.3 is 91.0 Å². The number of carbonyl (C=O) groups is 6. The van der Waals surface area contributed by atoms with Gasteiger partial charge in [0.2, 0.25) is 23.6 Å². The molecule has 0 spiro atoms. The number of carboxylic acids is 1. The lowest BCUT2D eigenvalue weighted by molar-refractivity contribution is -0.360. The molecule has 35 heteroatoms. The molecule has 0 aromatic heterocycles. The second kappa shape index (κ2) is 28.2. The molecule has 18 atom stereocenters. The summed E-state index contributed by atoms with van der Waals surface area (Å²) in [4.78, 5) is 73.8. The van der Waals surface area contributed by atoms with Gasteiger partial charge in [-0.3, -0.25) is 28.3 Å². The van der Waals surface area contributed by atoms with Crippen molar-refractivity contribution in [1.82, 2.24) is 31.9 Å². The van der Waals surface area contributed by atoms with E-state index in [0.717, 1.165) is 32.4 Å². The molecule has 5 aliphatic heterocycles. The summed E-state index contributed by atoms with van der Waals surface area (Å²) in [6.07, 6.45) is -22.8. The number of hydrogen-bond acceptors (Lipinski definition) is 24. The van der Waals surface area contributed by atoms with Crippen molar-refractivity contribution in [3.05, 3.63) is 0 Å². The Hall–Kier alpha value is -3.73. The first-order valence-corrected chi connectivity index (χ1v) is 27.5. The standard InChI is InChI=1S/C40H66N6O26S3/c1-17(47)43-26-30(53)28(51)20(14-66-74(59,60)61)69-38(26)71-34-31(54)32(55)39(72-35(34)36(56)57)70-33-27(44-18(2)48)37(68-21(29(33)52)15-67-75(62,63)64)65-13-12-42-24(50)9-4-3-7-11-41-23(49)10-6-5-8-22-25-19(16-73-22)45-40(58)46-25/h19-22,25-35,37-39,51-55H,3-16H2,1-2H3,(H,41,49)(H,42,50)(H,43,47)(H,44,48)(H,56,57)(H2,45,46,58)(H,59,60,61)(H,62,63,64)/t19-,20+,21+,22-,25-,26+,27+,28-,29-,30+,31+,32+,33+,34-,35-,37+,38-,39+/m0/s1. The minimum Gasteiger partial charge on any atom is -0.479 e. The summed E-state index contributed by atoms with van der Waals surface area (Å²) in [5.41, 5.74) is 0. The highest BCUT2D eigenvalue weighted by atomic mass is 32.3. The quantitative estimate of drug-likeness (QED) is 0.0197. The lowest BCUT2D eigenvalue weighted by atomic mass is 9.94. The Kier molecular flexibility index (Phi) is 23.4. The smallest absolute Gasteiger partial charge is 0.397 e. The predicted octanol–water partition coefficient (Wildman–Crippen LogP) is -6.00. The number of nitrogens with one attached hydrogen (secondary N) is 6. The molecule has 0 aromatic rings. The van der Waals surface area contributed by atoms with Crippen LogP contribution in [-0.4, -0.2) is 240 Å². The number of urea groups is 1. The van der Waals surface area contributed by atoms with Crippen molar-refractivity contribution in [3.8, 4) is 0 Å². The maximum Gasteiger partial charge on any atom is 0.397 e. The third kappa shape index (κ3) is 18.7. The van der Waals surface area contributed by atoms with E-state index in [9.17, 15) is 80.8 Å². The topological polar surface area (TPSA) is 479 Å². The van der Waals surface area contributed by atoms with Gasteiger partial charge >= 0.3 is 32.8 Å². The molecule has 5 fully saturated rings. The van der Waals surface area contributed by atoms with Crippen molar-refractivity contribution in [2.45, 2.75) is 175 Å². The number of fused-ring (bicyclic) bond motifs is 1. The summed E-state index contributed by atoms with van der Waals surface area (Å²) in [6, 6.07) is -3.32. The van der Waals surface area contributed by atoms with Gasteiger partial charge in [0.1, 0.15) is 67.0 Å². The van der Waals surface area contributed by atoms with Gasteiger partial charge in [0.15, 0.2) is 25.0 Å². The summed E-state index contributed by atoms with van der Waals surface area (Å²) < 4.78 is 106. The van der Waals surface area contributed by atoms with Crippen molar-refractivity contribution in [2.75, 3.05) is 38.7 Å². The molecule has 14 N–H and O–H groups in total. The lowest BCUT2D eigenvalue weighted by Crippen LogP contribution is -2.70. The van der Waals surface area contributed by atoms with E-state index in [0.29, 0.717) is 43.9 Å². The van der Waals surface area contributed by atoms with E-state index >= 15 is 0 Å². The van der Waals surface area contributed by atoms with E-state index in [1.54, 1.807) is 0 Å². The Bertz CT molecular complexity index is 2190. The van der Waals surface area contributed by atoms with Gasteiger partial charge in [0, 0.05) is 50.8 Å². The van der Waals surface area contributed by atoms with E-state index in [1.165, 1.54) is 0 Å². The highest BCUT2D eigenvalue weighted by Gasteiger charge is 2.56. The normalized spacial score (nSPS) is 34.9. The molecule has 5 aliphatic rings. The highest BCUT2D eigenvalue weighted by Crippen LogP contribution is 2.35. The van der Waals surface area contributed by atoms with Crippen molar-refractivity contribution < 1.29 is 122 Å². The third-order valence-electron chi connectivity index (χ3n) is 12.4. The molecule has 0 bridgehead atoms. The molecule has 6 amide bonds. The molecule has 0 radical (unpaired) electrons. The number of rotatable bonds is 28. The maximum atomic E-state index is 12.7. The number of carbonyl (C=O) groups excluding carboxylic acids is 5. The van der Waals surface area contributed by atoms with Crippen molar-refractivity contribution in [1.29, 1.82) is 0 Å². The van der Waals surface area contributed by atoms with E-state index in [4.69, 9.17) is 33.0 Å². The van der Waals surface area contributed by atoms with Crippen molar-refractivity contribution >= 4 is 68.2 Å². The van der Waals surface area contributed by atoms with Crippen LogP contribution in [-0.2, 0) is 81.6 Å². The zero-order valence-electron chi connectivity index (χ0n) is 40.4. The molecular weight excluding hydrogens is 1080 g/mol. The molecule has 75 heavy (non-hydrogen) atoms. The van der Waals surface area contributed by atoms with Gasteiger partial charge in [0.25, 0.3) is 0 Å². The number of ether oxygens (including phenoxy) is 6. The maximum absolute atomic E-state index is 12.7. The fraction of sp³-hybridized carbons (Fsp3) is 0.850. The molecule has 0 aromatic carbocycles. The van der Waals surface area contributed by atoms with Crippen LogP contribution in [0.5, 0.6) is 0 Å². The number of aliphatic hydroxyl groups excluding tert-OH is 5. The molecule has 0 aliphatic carbocycles. The average Bonchev–Trinajstić information content (AvgIpc) is 3.88. The van der Waals surface area contributed by atoms with Gasteiger partial charge in [-0.2, -0.15) is 28.6 Å². The summed E-state index contributed by atoms with van der Waals surface area (Å²) in [6.45, 7) is -0.453. The molecular formula is C40H66N6O26S3. The van der Waals surface area contributed by atoms with Crippen molar-refractivity contribution in [2.24, 2.45) is 0 Å².